The summed E-state index contributed by atoms with van der Waals surface area (Å²) in [5, 5.41) is 2.83. The minimum atomic E-state index is -0.571. The lowest BCUT2D eigenvalue weighted by Gasteiger charge is -2.28. The molecule has 4 N–H and O–H groups in total. The summed E-state index contributed by atoms with van der Waals surface area (Å²) >= 11 is 0. The van der Waals surface area contributed by atoms with Gasteiger partial charge in [-0.1, -0.05) is 27.7 Å². The van der Waals surface area contributed by atoms with Crippen molar-refractivity contribution in [2.45, 2.75) is 40.7 Å². The van der Waals surface area contributed by atoms with E-state index in [4.69, 9.17) is 19.9 Å². The molecule has 11 nitrogen and oxygen atoms in total. The highest BCUT2D eigenvalue weighted by atomic mass is 16.5. The highest BCUT2D eigenvalue weighted by Gasteiger charge is 2.21. The van der Waals surface area contributed by atoms with Crippen molar-refractivity contribution in [3.05, 3.63) is 33.0 Å². The number of carbonyl (C=O) groups is 1. The van der Waals surface area contributed by atoms with Gasteiger partial charge in [0.15, 0.2) is 11.5 Å². The Balaban J connectivity index is 2.29. The van der Waals surface area contributed by atoms with Gasteiger partial charge in [0.2, 0.25) is 11.7 Å². The second kappa shape index (κ2) is 12.2. The Morgan fingerprint density at radius 3 is 2.14 bits per heavy atom. The van der Waals surface area contributed by atoms with E-state index in [2.05, 4.69) is 10.3 Å². The first kappa shape index (κ1) is 27.6. The zero-order chi connectivity index (χ0) is 26.3. The van der Waals surface area contributed by atoms with Gasteiger partial charge in [0.1, 0.15) is 11.5 Å². The second-order valence-corrected chi connectivity index (χ2v) is 9.05. The van der Waals surface area contributed by atoms with Crippen molar-refractivity contribution < 1.29 is 19.0 Å². The summed E-state index contributed by atoms with van der Waals surface area (Å²) < 4.78 is 17.3. The van der Waals surface area contributed by atoms with Gasteiger partial charge in [-0.2, -0.15) is 0 Å². The second-order valence-electron chi connectivity index (χ2n) is 9.05. The molecule has 0 fully saturated rings. The third-order valence-electron chi connectivity index (χ3n) is 5.22. The number of methoxy groups -OCH3 is 3. The largest absolute Gasteiger partial charge is 0.493 e. The number of nitrogen functional groups attached to an aromatic ring is 1. The molecule has 0 unspecified atom stereocenters. The van der Waals surface area contributed by atoms with Crippen LogP contribution in [0.5, 0.6) is 17.2 Å². The van der Waals surface area contributed by atoms with Crippen LogP contribution >= 0.6 is 0 Å². The fraction of sp³-hybridized carbons (Fsp3) is 0.542. The number of anilines is 3. The van der Waals surface area contributed by atoms with Crippen LogP contribution in [0.1, 0.15) is 34.1 Å². The van der Waals surface area contributed by atoms with Crippen LogP contribution in [0.4, 0.5) is 17.2 Å². The van der Waals surface area contributed by atoms with Crippen molar-refractivity contribution in [2.24, 2.45) is 11.8 Å². The third-order valence-corrected chi connectivity index (χ3v) is 5.22. The molecule has 194 valence electrons. The van der Waals surface area contributed by atoms with Gasteiger partial charge in [0.05, 0.1) is 21.3 Å². The fourth-order valence-electron chi connectivity index (χ4n) is 3.78. The average molecular weight is 492 g/mol. The molecule has 1 amide bonds. The first-order chi connectivity index (χ1) is 16.5. The number of rotatable bonds is 12. The maximum Gasteiger partial charge on any atom is 0.330 e. The van der Waals surface area contributed by atoms with E-state index in [-0.39, 0.29) is 42.2 Å². The predicted octanol–water partition coefficient (Wildman–Crippen LogP) is 2.29. The number of nitrogens with two attached hydrogens (primary N) is 1. The lowest BCUT2D eigenvalue weighted by Crippen LogP contribution is -2.41. The van der Waals surface area contributed by atoms with Gasteiger partial charge in [-0.15, -0.1) is 0 Å². The number of aromatic nitrogens is 2. The molecule has 0 aliphatic carbocycles. The van der Waals surface area contributed by atoms with Crippen molar-refractivity contribution in [3.8, 4) is 17.2 Å². The molecule has 0 spiro atoms. The molecule has 35 heavy (non-hydrogen) atoms. The normalized spacial score (nSPS) is 11.0. The molecule has 1 aromatic heterocycles. The maximum absolute atomic E-state index is 12.8. The van der Waals surface area contributed by atoms with E-state index < -0.39 is 11.2 Å². The molecule has 0 saturated heterocycles. The van der Waals surface area contributed by atoms with Crippen molar-refractivity contribution in [3.63, 3.8) is 0 Å². The first-order valence-corrected chi connectivity index (χ1v) is 11.5. The number of H-pyrrole nitrogens is 1. The molecule has 0 atom stereocenters. The minimum absolute atomic E-state index is 0.0750. The Morgan fingerprint density at radius 1 is 1.06 bits per heavy atom. The van der Waals surface area contributed by atoms with Crippen LogP contribution < -0.4 is 41.4 Å². The molecule has 1 heterocycles. The standard InChI is InChI=1S/C24H37N5O6/c1-14(2)12-28(20-22(25)29(13-15(3)4)24(32)27-23(20)31)9-8-19(30)26-16-10-17(33-5)21(35-7)18(11-16)34-6/h10-11,14-15H,8-9,12-13,25H2,1-7H3,(H,26,30)(H,27,31,32). The highest BCUT2D eigenvalue weighted by Crippen LogP contribution is 2.39. The minimum Gasteiger partial charge on any atom is -0.493 e. The van der Waals surface area contributed by atoms with E-state index in [1.807, 2.05) is 27.7 Å². The van der Waals surface area contributed by atoms with Crippen LogP contribution in [-0.2, 0) is 11.3 Å². The van der Waals surface area contributed by atoms with Crippen LogP contribution in [0, 0.1) is 11.8 Å². The number of carbonyl (C=O) groups excluding carboxylic acids is 1. The zero-order valence-electron chi connectivity index (χ0n) is 21.6. The SMILES string of the molecule is COc1cc(NC(=O)CCN(CC(C)C)c2c(N)n(CC(C)C)c(=O)[nH]c2=O)cc(OC)c1OC. The van der Waals surface area contributed by atoms with Gasteiger partial charge in [-0.25, -0.2) is 4.79 Å². The van der Waals surface area contributed by atoms with Gasteiger partial charge in [0.25, 0.3) is 5.56 Å². The number of hydrogen-bond donors (Lipinski definition) is 3. The summed E-state index contributed by atoms with van der Waals surface area (Å²) in [5.74, 6) is 1.39. The molecule has 0 aliphatic heterocycles. The van der Waals surface area contributed by atoms with Crippen molar-refractivity contribution in [1.82, 2.24) is 9.55 Å². The lowest BCUT2D eigenvalue weighted by atomic mass is 10.1. The summed E-state index contributed by atoms with van der Waals surface area (Å²) in [5.41, 5.74) is 5.84. The Labute approximate surface area is 205 Å². The number of nitrogens with zero attached hydrogens (tertiary/aromatic N) is 2. The summed E-state index contributed by atoms with van der Waals surface area (Å²) in [6.07, 6.45) is 0.0750. The summed E-state index contributed by atoms with van der Waals surface area (Å²) in [4.78, 5) is 42.0. The smallest absolute Gasteiger partial charge is 0.330 e. The van der Waals surface area contributed by atoms with Crippen LogP contribution in [0.2, 0.25) is 0 Å². The Morgan fingerprint density at radius 2 is 1.66 bits per heavy atom. The zero-order valence-corrected chi connectivity index (χ0v) is 21.6. The summed E-state index contributed by atoms with van der Waals surface area (Å²) in [6.45, 7) is 8.97. The van der Waals surface area contributed by atoms with Crippen LogP contribution in [-0.4, -0.2) is 49.9 Å². The molecule has 11 heteroatoms. The van der Waals surface area contributed by atoms with Crippen LogP contribution in [0.3, 0.4) is 0 Å². The highest BCUT2D eigenvalue weighted by molar-refractivity contribution is 5.92. The van der Waals surface area contributed by atoms with Crippen molar-refractivity contribution >= 4 is 23.1 Å². The monoisotopic (exact) mass is 491 g/mol. The number of benzene rings is 1. The van der Waals surface area contributed by atoms with E-state index in [1.54, 1.807) is 17.0 Å². The number of ether oxygens (including phenoxy) is 3. The quantitative estimate of drug-likeness (QED) is 0.411. The summed E-state index contributed by atoms with van der Waals surface area (Å²) in [7, 11) is 4.49. The van der Waals surface area contributed by atoms with E-state index in [0.717, 1.165) is 0 Å². The third kappa shape index (κ3) is 6.93. The molecule has 2 rings (SSSR count). The Kier molecular flexibility index (Phi) is 9.61. The van der Waals surface area contributed by atoms with Gasteiger partial charge < -0.3 is 30.2 Å². The molecular formula is C24H37N5O6. The number of nitrogens with one attached hydrogen (secondary N) is 2. The topological polar surface area (TPSA) is 141 Å². The van der Waals surface area contributed by atoms with Gasteiger partial charge in [0, 0.05) is 43.9 Å². The number of amides is 1. The fourth-order valence-corrected chi connectivity index (χ4v) is 3.78. The Bertz CT molecular complexity index is 1110. The van der Waals surface area contributed by atoms with E-state index in [9.17, 15) is 14.4 Å². The summed E-state index contributed by atoms with van der Waals surface area (Å²) in [6, 6.07) is 3.27. The van der Waals surface area contributed by atoms with E-state index in [1.165, 1.54) is 25.9 Å². The number of aromatic amines is 1. The molecule has 2 aromatic rings. The lowest BCUT2D eigenvalue weighted by molar-refractivity contribution is -0.116. The van der Waals surface area contributed by atoms with Gasteiger partial charge in [-0.3, -0.25) is 19.1 Å². The molecule has 1 aromatic carbocycles. The molecular weight excluding hydrogens is 454 g/mol. The van der Waals surface area contributed by atoms with Crippen molar-refractivity contribution in [1.29, 1.82) is 0 Å². The van der Waals surface area contributed by atoms with Crippen LogP contribution in [0.25, 0.3) is 0 Å². The molecule has 0 saturated carbocycles. The van der Waals surface area contributed by atoms with Crippen LogP contribution in [0.15, 0.2) is 21.7 Å². The molecule has 0 aliphatic rings. The number of hydrogen-bond acceptors (Lipinski definition) is 8. The van der Waals surface area contributed by atoms with E-state index in [0.29, 0.717) is 36.0 Å². The van der Waals surface area contributed by atoms with Gasteiger partial charge >= 0.3 is 5.69 Å². The molecule has 0 bridgehead atoms. The molecule has 0 radical (unpaired) electrons. The Hall–Kier alpha value is -3.63. The average Bonchev–Trinajstić information content (AvgIpc) is 2.78. The predicted molar refractivity (Wildman–Crippen MR) is 137 cm³/mol. The van der Waals surface area contributed by atoms with E-state index >= 15 is 0 Å². The van der Waals surface area contributed by atoms with Crippen molar-refractivity contribution in [2.75, 3.05) is 50.4 Å². The first-order valence-electron chi connectivity index (χ1n) is 11.5. The van der Waals surface area contributed by atoms with Gasteiger partial charge in [-0.05, 0) is 11.8 Å². The maximum atomic E-state index is 12.8.